The molecule has 11 aromatic rings. The summed E-state index contributed by atoms with van der Waals surface area (Å²) in [5.74, 6) is 0. The van der Waals surface area contributed by atoms with E-state index in [2.05, 4.69) is 299 Å². The molecule has 0 radical (unpaired) electrons. The lowest BCUT2D eigenvalue weighted by Gasteiger charge is -2.47. The van der Waals surface area contributed by atoms with Gasteiger partial charge in [0, 0.05) is 79.6 Å². The summed E-state index contributed by atoms with van der Waals surface area (Å²) in [6, 6.07) is 97.3. The molecule has 4 heterocycles. The highest BCUT2D eigenvalue weighted by Crippen LogP contribution is 2.51. The maximum Gasteiger partial charge on any atom is 0.252 e. The summed E-state index contributed by atoms with van der Waals surface area (Å²) in [4.78, 5) is 12.7. The van der Waals surface area contributed by atoms with Crippen LogP contribution in [0.4, 0.5) is 85.3 Å². The van der Waals surface area contributed by atoms with Gasteiger partial charge in [0.25, 0.3) is 13.4 Å². The minimum Gasteiger partial charge on any atom is -0.311 e. The van der Waals surface area contributed by atoms with E-state index < -0.39 is 0 Å². The molecule has 364 valence electrons. The predicted octanol–water partition coefficient (Wildman–Crippen LogP) is 14.4. The molecule has 0 fully saturated rings. The van der Waals surface area contributed by atoms with Gasteiger partial charge in [0.1, 0.15) is 0 Å². The third-order valence-corrected chi connectivity index (χ3v) is 16.5. The van der Waals surface area contributed by atoms with E-state index in [1.165, 1.54) is 95.1 Å². The second-order valence-corrected chi connectivity index (χ2v) is 20.5. The molecular weight excluding hydrogens is 932 g/mol. The molecule has 0 amide bonds. The van der Waals surface area contributed by atoms with Gasteiger partial charge in [0.15, 0.2) is 0 Å². The lowest BCUT2D eigenvalue weighted by molar-refractivity contribution is 1.08. The maximum absolute atomic E-state index is 2.62. The van der Waals surface area contributed by atoms with E-state index >= 15 is 0 Å². The monoisotopic (exact) mass is 985 g/mol. The molecule has 0 bridgehead atoms. The van der Waals surface area contributed by atoms with Crippen molar-refractivity contribution in [2.24, 2.45) is 0 Å². The summed E-state index contributed by atoms with van der Waals surface area (Å²) in [6.45, 7) is 4.40. The van der Waals surface area contributed by atoms with Gasteiger partial charge in [0.05, 0.1) is 5.69 Å². The molecule has 0 atom stereocenters. The van der Waals surface area contributed by atoms with Gasteiger partial charge in [-0.1, -0.05) is 172 Å². The molecule has 0 saturated heterocycles. The second-order valence-electron chi connectivity index (χ2n) is 20.5. The first-order valence-corrected chi connectivity index (χ1v) is 27.2. The average molecular weight is 986 g/mol. The molecule has 4 aliphatic heterocycles. The minimum atomic E-state index is -0.105. The van der Waals surface area contributed by atoms with Crippen LogP contribution in [0.15, 0.2) is 261 Å². The van der Waals surface area contributed by atoms with Crippen LogP contribution < -0.4 is 57.3 Å². The Balaban J connectivity index is 1.07. The average Bonchev–Trinajstić information content (AvgIpc) is 3.50. The Morgan fingerprint density at radius 3 is 1.06 bits per heavy atom. The van der Waals surface area contributed by atoms with E-state index in [-0.39, 0.29) is 13.4 Å². The van der Waals surface area contributed by atoms with E-state index in [0.717, 1.165) is 47.0 Å². The van der Waals surface area contributed by atoms with Crippen molar-refractivity contribution in [2.45, 2.75) is 26.7 Å². The van der Waals surface area contributed by atoms with Crippen molar-refractivity contribution in [1.29, 1.82) is 0 Å². The zero-order valence-corrected chi connectivity index (χ0v) is 43.1. The summed E-state index contributed by atoms with van der Waals surface area (Å²) >= 11 is 0. The standard InChI is InChI=1S/C70H53B2N5/c1-3-48-26-17-21-38-59(48)77(60-39-22-18-27-49(60)4-2)54-44-67-70-68(45-54)76(53-34-15-8-16-35-53)66-47-65-57(46-58(66)72(70)56-37-20-24-41-62(56)74(67)51-30-11-6-12-31-51)71-55-36-19-23-40-61(55)73(50-28-9-5-10-29-50)63-42-25-43-64(69(63)71)75(65)52-32-13-7-14-33-52/h5-47H,3-4H2,1-2H3. The lowest BCUT2D eigenvalue weighted by Crippen LogP contribution is -2.65. The van der Waals surface area contributed by atoms with Gasteiger partial charge in [-0.05, 0) is 160 Å². The molecule has 4 aliphatic rings. The molecule has 77 heavy (non-hydrogen) atoms. The van der Waals surface area contributed by atoms with Gasteiger partial charge in [-0.3, -0.25) is 0 Å². The summed E-state index contributed by atoms with van der Waals surface area (Å²) in [6.07, 6.45) is 1.80. The highest BCUT2D eigenvalue weighted by Gasteiger charge is 2.48. The van der Waals surface area contributed by atoms with Crippen LogP contribution in [0.25, 0.3) is 0 Å². The van der Waals surface area contributed by atoms with Crippen molar-refractivity contribution < 1.29 is 0 Å². The number of para-hydroxylation sites is 8. The van der Waals surface area contributed by atoms with Crippen LogP contribution in [0.5, 0.6) is 0 Å². The van der Waals surface area contributed by atoms with Crippen LogP contribution in [-0.4, -0.2) is 13.4 Å². The summed E-state index contributed by atoms with van der Waals surface area (Å²) in [7, 11) is 0. The van der Waals surface area contributed by atoms with E-state index in [9.17, 15) is 0 Å². The lowest BCUT2D eigenvalue weighted by atomic mass is 9.30. The first-order chi connectivity index (χ1) is 38.2. The fourth-order valence-electron chi connectivity index (χ4n) is 13.3. The summed E-state index contributed by atoms with van der Waals surface area (Å²) in [5.41, 5.74) is 27.8. The van der Waals surface area contributed by atoms with Crippen LogP contribution in [-0.2, 0) is 12.8 Å². The van der Waals surface area contributed by atoms with Crippen LogP contribution >= 0.6 is 0 Å². The second kappa shape index (κ2) is 18.1. The quantitative estimate of drug-likeness (QED) is 0.134. The Labute approximate surface area is 452 Å². The van der Waals surface area contributed by atoms with Crippen molar-refractivity contribution in [3.8, 4) is 0 Å². The molecule has 0 spiro atoms. The number of nitrogens with zero attached hydrogens (tertiary/aromatic N) is 5. The maximum atomic E-state index is 2.62. The van der Waals surface area contributed by atoms with Gasteiger partial charge in [-0.15, -0.1) is 0 Å². The fourth-order valence-corrected chi connectivity index (χ4v) is 13.3. The number of aryl methyl sites for hydroxylation is 2. The van der Waals surface area contributed by atoms with Gasteiger partial charge in [-0.2, -0.15) is 0 Å². The van der Waals surface area contributed by atoms with E-state index in [4.69, 9.17) is 0 Å². The van der Waals surface area contributed by atoms with Gasteiger partial charge in [0.2, 0.25) is 0 Å². The van der Waals surface area contributed by atoms with Gasteiger partial charge < -0.3 is 24.5 Å². The van der Waals surface area contributed by atoms with Gasteiger partial charge >= 0.3 is 0 Å². The third kappa shape index (κ3) is 6.89. The normalized spacial score (nSPS) is 13.3. The van der Waals surface area contributed by atoms with E-state index in [0.29, 0.717) is 0 Å². The number of hydrogen-bond donors (Lipinski definition) is 0. The van der Waals surface area contributed by atoms with Crippen molar-refractivity contribution >= 4 is 132 Å². The van der Waals surface area contributed by atoms with Crippen LogP contribution in [0.3, 0.4) is 0 Å². The highest BCUT2D eigenvalue weighted by molar-refractivity contribution is 7.03. The molecule has 11 aromatic carbocycles. The molecule has 0 unspecified atom stereocenters. The van der Waals surface area contributed by atoms with Crippen LogP contribution in [0, 0.1) is 0 Å². The summed E-state index contributed by atoms with van der Waals surface area (Å²) in [5, 5.41) is 0. The Bertz CT molecular complexity index is 4030. The number of fused-ring (bicyclic) bond motifs is 8. The number of anilines is 15. The molecule has 0 saturated carbocycles. The van der Waals surface area contributed by atoms with Crippen molar-refractivity contribution in [2.75, 3.05) is 24.5 Å². The zero-order chi connectivity index (χ0) is 51.1. The molecule has 0 aliphatic carbocycles. The largest absolute Gasteiger partial charge is 0.311 e. The first kappa shape index (κ1) is 45.0. The Hall–Kier alpha value is -9.45. The first-order valence-electron chi connectivity index (χ1n) is 27.2. The fraction of sp³-hybridized carbons (Fsp3) is 0.0571. The van der Waals surface area contributed by atoms with Crippen molar-refractivity contribution in [3.63, 3.8) is 0 Å². The smallest absolute Gasteiger partial charge is 0.252 e. The Morgan fingerprint density at radius 1 is 0.286 bits per heavy atom. The number of rotatable bonds is 9. The number of hydrogen-bond acceptors (Lipinski definition) is 5. The SMILES string of the molecule is CCc1ccccc1N(c1cc2c3c(c1)N(c1ccccc1)c1cc4c(cc1B3c1ccccc1N2c1ccccc1)B1c2ccccc2N(c2ccccc2)c2cccc(c21)N4c1ccccc1)c1ccccc1CC. The topological polar surface area (TPSA) is 16.2 Å². The molecule has 0 aromatic heterocycles. The van der Waals surface area contributed by atoms with Gasteiger partial charge in [-0.25, -0.2) is 0 Å². The summed E-state index contributed by atoms with van der Waals surface area (Å²) < 4.78 is 0. The number of benzene rings is 11. The Kier molecular flexibility index (Phi) is 10.6. The minimum absolute atomic E-state index is 0.0449. The van der Waals surface area contributed by atoms with E-state index in [1.54, 1.807) is 0 Å². The van der Waals surface area contributed by atoms with Crippen LogP contribution in [0.1, 0.15) is 25.0 Å². The molecular formula is C70H53B2N5. The van der Waals surface area contributed by atoms with Crippen molar-refractivity contribution in [3.05, 3.63) is 272 Å². The third-order valence-electron chi connectivity index (χ3n) is 16.5. The Morgan fingerprint density at radius 2 is 0.623 bits per heavy atom. The predicted molar refractivity (Wildman–Crippen MR) is 328 cm³/mol. The van der Waals surface area contributed by atoms with Crippen molar-refractivity contribution in [1.82, 2.24) is 0 Å². The van der Waals surface area contributed by atoms with Crippen LogP contribution in [0.2, 0.25) is 0 Å². The zero-order valence-electron chi connectivity index (χ0n) is 43.1. The molecule has 15 rings (SSSR count). The molecule has 0 N–H and O–H groups in total. The molecule has 5 nitrogen and oxygen atoms in total. The molecule has 7 heteroatoms. The van der Waals surface area contributed by atoms with E-state index in [1.807, 2.05) is 0 Å². The highest BCUT2D eigenvalue weighted by atomic mass is 15.2.